The molecule has 1 saturated heterocycles. The van der Waals surface area contributed by atoms with Crippen LogP contribution in [0, 0.1) is 0 Å². The number of ether oxygens (including phenoxy) is 3. The van der Waals surface area contributed by atoms with Crippen molar-refractivity contribution in [1.82, 2.24) is 4.31 Å². The summed E-state index contributed by atoms with van der Waals surface area (Å²) in [6.07, 6.45) is 2.82. The fraction of sp³-hybridized carbons (Fsp3) is 0.435. The predicted octanol–water partition coefficient (Wildman–Crippen LogP) is 3.68. The average molecular weight is 463 g/mol. The lowest BCUT2D eigenvalue weighted by Gasteiger charge is -2.25. The van der Waals surface area contributed by atoms with E-state index in [1.54, 1.807) is 30.3 Å². The highest BCUT2D eigenvalue weighted by Gasteiger charge is 2.25. The molecule has 0 aromatic heterocycles. The van der Waals surface area contributed by atoms with Gasteiger partial charge in [-0.15, -0.1) is 0 Å². The molecule has 0 radical (unpaired) electrons. The van der Waals surface area contributed by atoms with Crippen LogP contribution in [-0.4, -0.2) is 51.5 Å². The van der Waals surface area contributed by atoms with Crippen LogP contribution in [0.3, 0.4) is 0 Å². The highest BCUT2D eigenvalue weighted by atomic mass is 32.2. The summed E-state index contributed by atoms with van der Waals surface area (Å²) in [4.78, 5) is 12.6. The molecule has 1 heterocycles. The molecule has 1 aliphatic heterocycles. The molecule has 174 valence electrons. The first-order valence-electron chi connectivity index (χ1n) is 10.9. The van der Waals surface area contributed by atoms with Gasteiger partial charge in [0.05, 0.1) is 23.8 Å². The molecule has 8 nitrogen and oxygen atoms in total. The molecule has 3 rings (SSSR count). The summed E-state index contributed by atoms with van der Waals surface area (Å²) in [6.45, 7) is 5.58. The third-order valence-electron chi connectivity index (χ3n) is 4.98. The molecule has 0 bridgehead atoms. The first-order chi connectivity index (χ1) is 15.4. The molecule has 32 heavy (non-hydrogen) atoms. The van der Waals surface area contributed by atoms with E-state index in [0.717, 1.165) is 19.3 Å². The Bertz CT molecular complexity index is 1000. The number of carbonyl (C=O) groups is 1. The maximum Gasteiger partial charge on any atom is 0.262 e. The Balaban J connectivity index is 1.60. The zero-order chi connectivity index (χ0) is 23.0. The van der Waals surface area contributed by atoms with E-state index in [1.165, 1.54) is 16.4 Å². The van der Waals surface area contributed by atoms with Crippen LogP contribution in [0.5, 0.6) is 17.2 Å². The number of anilines is 1. The molecule has 0 atom stereocenters. The standard InChI is InChI=1S/C23H30N2O6S/c1-3-29-19-10-13-22(30-4-2)21(16-19)24-23(26)17-31-18-8-11-20(12-9-18)32(27,28)25-14-6-5-7-15-25/h8-13,16H,3-7,14-15,17H2,1-2H3,(H,24,26). The Kier molecular flexibility index (Phi) is 8.35. The van der Waals surface area contributed by atoms with Gasteiger partial charge in [0.1, 0.15) is 17.2 Å². The van der Waals surface area contributed by atoms with E-state index in [9.17, 15) is 13.2 Å². The van der Waals surface area contributed by atoms with Crippen molar-refractivity contribution in [2.24, 2.45) is 0 Å². The van der Waals surface area contributed by atoms with Gasteiger partial charge in [-0.1, -0.05) is 6.42 Å². The highest BCUT2D eigenvalue weighted by molar-refractivity contribution is 7.89. The number of piperidine rings is 1. The van der Waals surface area contributed by atoms with Crippen LogP contribution < -0.4 is 19.5 Å². The van der Waals surface area contributed by atoms with Crippen molar-refractivity contribution in [3.05, 3.63) is 42.5 Å². The summed E-state index contributed by atoms with van der Waals surface area (Å²) >= 11 is 0. The second-order valence-electron chi connectivity index (χ2n) is 7.30. The Morgan fingerprint density at radius 1 is 0.906 bits per heavy atom. The SMILES string of the molecule is CCOc1ccc(OCC)c(NC(=O)COc2ccc(S(=O)(=O)N3CCCCC3)cc2)c1. The van der Waals surface area contributed by atoms with Crippen LogP contribution in [0.25, 0.3) is 0 Å². The van der Waals surface area contributed by atoms with E-state index in [2.05, 4.69) is 5.32 Å². The molecule has 1 amide bonds. The molecule has 2 aromatic rings. The molecule has 1 N–H and O–H groups in total. The summed E-state index contributed by atoms with van der Waals surface area (Å²) in [6, 6.07) is 11.4. The lowest BCUT2D eigenvalue weighted by molar-refractivity contribution is -0.118. The Morgan fingerprint density at radius 3 is 2.22 bits per heavy atom. The number of amides is 1. The lowest BCUT2D eigenvalue weighted by Crippen LogP contribution is -2.35. The molecular formula is C23H30N2O6S. The van der Waals surface area contributed by atoms with Crippen LogP contribution >= 0.6 is 0 Å². The van der Waals surface area contributed by atoms with Crippen LogP contribution in [0.4, 0.5) is 5.69 Å². The van der Waals surface area contributed by atoms with Gasteiger partial charge < -0.3 is 19.5 Å². The Hall–Kier alpha value is -2.78. The van der Waals surface area contributed by atoms with Gasteiger partial charge in [0, 0.05) is 19.2 Å². The third-order valence-corrected chi connectivity index (χ3v) is 6.90. The maximum absolute atomic E-state index is 12.7. The van der Waals surface area contributed by atoms with Gasteiger partial charge in [0.15, 0.2) is 6.61 Å². The van der Waals surface area contributed by atoms with Crippen molar-refractivity contribution in [3.8, 4) is 17.2 Å². The third kappa shape index (κ3) is 6.14. The van der Waals surface area contributed by atoms with Gasteiger partial charge in [-0.2, -0.15) is 4.31 Å². The van der Waals surface area contributed by atoms with Crippen molar-refractivity contribution in [2.75, 3.05) is 38.2 Å². The molecule has 0 unspecified atom stereocenters. The normalized spacial score (nSPS) is 14.6. The second-order valence-corrected chi connectivity index (χ2v) is 9.23. The largest absolute Gasteiger partial charge is 0.494 e. The molecule has 1 aliphatic rings. The smallest absolute Gasteiger partial charge is 0.262 e. The van der Waals surface area contributed by atoms with Crippen molar-refractivity contribution < 1.29 is 27.4 Å². The quantitative estimate of drug-likeness (QED) is 0.579. The summed E-state index contributed by atoms with van der Waals surface area (Å²) in [5, 5.41) is 2.77. The minimum atomic E-state index is -3.50. The van der Waals surface area contributed by atoms with E-state index in [-0.39, 0.29) is 17.4 Å². The number of carbonyl (C=O) groups excluding carboxylic acids is 1. The first-order valence-corrected chi connectivity index (χ1v) is 12.3. The first kappa shape index (κ1) is 23.9. The molecule has 1 fully saturated rings. The van der Waals surface area contributed by atoms with Gasteiger partial charge >= 0.3 is 0 Å². The van der Waals surface area contributed by atoms with Crippen molar-refractivity contribution in [2.45, 2.75) is 38.0 Å². The van der Waals surface area contributed by atoms with Crippen LogP contribution in [0.2, 0.25) is 0 Å². The number of rotatable bonds is 10. The zero-order valence-corrected chi connectivity index (χ0v) is 19.3. The average Bonchev–Trinajstić information content (AvgIpc) is 2.80. The fourth-order valence-corrected chi connectivity index (χ4v) is 4.96. The van der Waals surface area contributed by atoms with Gasteiger partial charge in [-0.3, -0.25) is 4.79 Å². The van der Waals surface area contributed by atoms with Crippen molar-refractivity contribution in [1.29, 1.82) is 0 Å². The predicted molar refractivity (Wildman–Crippen MR) is 122 cm³/mol. The summed E-state index contributed by atoms with van der Waals surface area (Å²) in [5.74, 6) is 1.20. The van der Waals surface area contributed by atoms with Crippen LogP contribution in [0.15, 0.2) is 47.4 Å². The van der Waals surface area contributed by atoms with E-state index in [1.807, 2.05) is 13.8 Å². The summed E-state index contributed by atoms with van der Waals surface area (Å²) < 4.78 is 43.5. The second kappa shape index (κ2) is 11.2. The fourth-order valence-electron chi connectivity index (χ4n) is 3.44. The van der Waals surface area contributed by atoms with Crippen LogP contribution in [0.1, 0.15) is 33.1 Å². The van der Waals surface area contributed by atoms with E-state index in [4.69, 9.17) is 14.2 Å². The van der Waals surface area contributed by atoms with E-state index < -0.39 is 10.0 Å². The number of nitrogens with zero attached hydrogens (tertiary/aromatic N) is 1. The van der Waals surface area contributed by atoms with Crippen molar-refractivity contribution >= 4 is 21.6 Å². The topological polar surface area (TPSA) is 94.2 Å². The zero-order valence-electron chi connectivity index (χ0n) is 18.5. The monoisotopic (exact) mass is 462 g/mol. The maximum atomic E-state index is 12.7. The summed E-state index contributed by atoms with van der Waals surface area (Å²) in [5.41, 5.74) is 0.495. The lowest BCUT2D eigenvalue weighted by atomic mass is 10.2. The number of sulfonamides is 1. The molecule has 0 saturated carbocycles. The minimum absolute atomic E-state index is 0.227. The number of hydrogen-bond donors (Lipinski definition) is 1. The van der Waals surface area contributed by atoms with Gasteiger partial charge in [-0.05, 0) is 63.1 Å². The van der Waals surface area contributed by atoms with Gasteiger partial charge in [0.2, 0.25) is 10.0 Å². The molecule has 2 aromatic carbocycles. The molecule has 9 heteroatoms. The van der Waals surface area contributed by atoms with Gasteiger partial charge in [0.25, 0.3) is 5.91 Å². The van der Waals surface area contributed by atoms with Crippen molar-refractivity contribution in [3.63, 3.8) is 0 Å². The summed E-state index contributed by atoms with van der Waals surface area (Å²) in [7, 11) is -3.50. The highest BCUT2D eigenvalue weighted by Crippen LogP contribution is 2.29. The van der Waals surface area contributed by atoms with Crippen LogP contribution in [-0.2, 0) is 14.8 Å². The van der Waals surface area contributed by atoms with E-state index in [0.29, 0.717) is 49.2 Å². The molecular weight excluding hydrogens is 432 g/mol. The van der Waals surface area contributed by atoms with Gasteiger partial charge in [-0.25, -0.2) is 8.42 Å². The Morgan fingerprint density at radius 2 is 1.56 bits per heavy atom. The minimum Gasteiger partial charge on any atom is -0.494 e. The molecule has 0 spiro atoms. The molecule has 0 aliphatic carbocycles. The number of nitrogens with one attached hydrogen (secondary N) is 1. The number of hydrogen-bond acceptors (Lipinski definition) is 6. The number of benzene rings is 2. The Labute approximate surface area is 189 Å². The van der Waals surface area contributed by atoms with E-state index >= 15 is 0 Å².